The summed E-state index contributed by atoms with van der Waals surface area (Å²) in [5.74, 6) is -1.50. The first-order valence-electron chi connectivity index (χ1n) is 28.8. The summed E-state index contributed by atoms with van der Waals surface area (Å²) in [6, 6.07) is 0. The number of carbonyl (C=O) groups is 3. The summed E-state index contributed by atoms with van der Waals surface area (Å²) in [4.78, 5) is 48.5. The minimum atomic E-state index is -4.75. The first-order valence-corrected chi connectivity index (χ1v) is 30.3. The number of rotatable bonds is 53. The Morgan fingerprint density at radius 3 is 1.12 bits per heavy atom. The van der Waals surface area contributed by atoms with Crippen molar-refractivity contribution in [2.45, 2.75) is 264 Å². The summed E-state index contributed by atoms with van der Waals surface area (Å²) in [6.45, 7) is 4.47. The maximum Gasteiger partial charge on any atom is 0.472 e. The second-order valence-electron chi connectivity index (χ2n) is 19.1. The standard InChI is InChI=1S/C60H105O11P/c1-4-7-10-13-16-19-22-25-26-27-28-29-30-33-36-39-42-45-48-51-60(64)71-57(53-67-58(62)49-46-43-40-37-34-31-23-20-17-14-11-8-5-2)55-69-72(65,66)68-54-56(52-61)70-59(63)50-47-44-41-38-35-32-24-21-18-15-12-9-6-3/h7,10,16,19-21,23-26,28-29,56-57,61H,4-6,8-9,11-15,17-18,22,27,30-55H2,1-3H3,(H,65,66)/b10-7-,19-16-,23-20-,24-21-,26-25-,29-28-. The minimum Gasteiger partial charge on any atom is -0.462 e. The summed E-state index contributed by atoms with van der Waals surface area (Å²) in [7, 11) is -4.75. The SMILES string of the molecule is CC/C=C\C/C=C\C/C=C\C/C=C\CCCCCCCCC(=O)OC(COC(=O)CCCCCCC/C=C\CCCCCC)COP(=O)(O)OCC(CO)OC(=O)CCCCCCC/C=C\CCCCCC. The lowest BCUT2D eigenvalue weighted by Gasteiger charge is -2.21. The van der Waals surface area contributed by atoms with E-state index >= 15 is 0 Å². The van der Waals surface area contributed by atoms with Gasteiger partial charge in [0.25, 0.3) is 0 Å². The van der Waals surface area contributed by atoms with Gasteiger partial charge in [0.15, 0.2) is 6.10 Å². The van der Waals surface area contributed by atoms with Gasteiger partial charge in [0.1, 0.15) is 12.7 Å². The molecule has 11 nitrogen and oxygen atoms in total. The topological polar surface area (TPSA) is 155 Å². The molecule has 0 radical (unpaired) electrons. The molecule has 0 aliphatic carbocycles. The predicted molar refractivity (Wildman–Crippen MR) is 298 cm³/mol. The molecule has 416 valence electrons. The number of carbonyl (C=O) groups excluding carboxylic acids is 3. The molecular weight excluding hydrogens is 928 g/mol. The molecule has 0 heterocycles. The van der Waals surface area contributed by atoms with E-state index in [0.717, 1.165) is 141 Å². The number of unbranched alkanes of at least 4 members (excludes halogenated alkanes) is 24. The van der Waals surface area contributed by atoms with Gasteiger partial charge in [-0.25, -0.2) is 4.57 Å². The van der Waals surface area contributed by atoms with Gasteiger partial charge in [-0.05, 0) is 109 Å². The van der Waals surface area contributed by atoms with E-state index in [1.54, 1.807) is 0 Å². The Bertz CT molecular complexity index is 1490. The van der Waals surface area contributed by atoms with Gasteiger partial charge < -0.3 is 24.2 Å². The van der Waals surface area contributed by atoms with Gasteiger partial charge in [-0.15, -0.1) is 0 Å². The highest BCUT2D eigenvalue weighted by Gasteiger charge is 2.28. The predicted octanol–water partition coefficient (Wildman–Crippen LogP) is 16.9. The van der Waals surface area contributed by atoms with Crippen LogP contribution in [-0.4, -0.2) is 66.5 Å². The van der Waals surface area contributed by atoms with Crippen molar-refractivity contribution >= 4 is 25.7 Å². The zero-order valence-corrected chi connectivity index (χ0v) is 46.8. The first-order chi connectivity index (χ1) is 35.2. The molecule has 0 aromatic rings. The van der Waals surface area contributed by atoms with Crippen molar-refractivity contribution in [2.75, 3.05) is 26.4 Å². The van der Waals surface area contributed by atoms with Crippen LogP contribution < -0.4 is 0 Å². The number of ether oxygens (including phenoxy) is 3. The Kier molecular flexibility index (Phi) is 51.9. The van der Waals surface area contributed by atoms with Crippen molar-refractivity contribution in [1.82, 2.24) is 0 Å². The van der Waals surface area contributed by atoms with E-state index in [9.17, 15) is 28.9 Å². The monoisotopic (exact) mass is 1030 g/mol. The van der Waals surface area contributed by atoms with Crippen molar-refractivity contribution < 1.29 is 52.2 Å². The fourth-order valence-electron chi connectivity index (χ4n) is 7.69. The molecule has 0 saturated carbocycles. The molecule has 2 N–H and O–H groups in total. The van der Waals surface area contributed by atoms with Crippen LogP contribution in [0.15, 0.2) is 72.9 Å². The number of hydrogen-bond donors (Lipinski definition) is 2. The molecule has 0 bridgehead atoms. The fourth-order valence-corrected chi connectivity index (χ4v) is 8.47. The first kappa shape index (κ1) is 68.9. The van der Waals surface area contributed by atoms with E-state index in [1.807, 2.05) is 0 Å². The number of allylic oxidation sites excluding steroid dienone is 12. The van der Waals surface area contributed by atoms with Gasteiger partial charge in [0, 0.05) is 19.3 Å². The Hall–Kier alpha value is -3.08. The molecule has 0 aliphatic rings. The molecule has 0 saturated heterocycles. The van der Waals surface area contributed by atoms with Crippen LogP contribution in [-0.2, 0) is 42.2 Å². The number of esters is 3. The maximum atomic E-state index is 12.9. The summed E-state index contributed by atoms with van der Waals surface area (Å²) in [5, 5.41) is 9.80. The molecule has 12 heteroatoms. The molecule has 0 fully saturated rings. The second kappa shape index (κ2) is 54.2. The lowest BCUT2D eigenvalue weighted by Crippen LogP contribution is -2.30. The zero-order valence-electron chi connectivity index (χ0n) is 45.9. The van der Waals surface area contributed by atoms with Crippen molar-refractivity contribution in [3.63, 3.8) is 0 Å². The van der Waals surface area contributed by atoms with Crippen molar-refractivity contribution in [1.29, 1.82) is 0 Å². The Morgan fingerprint density at radius 1 is 0.403 bits per heavy atom. The Morgan fingerprint density at radius 2 is 0.722 bits per heavy atom. The lowest BCUT2D eigenvalue weighted by atomic mass is 10.1. The summed E-state index contributed by atoms with van der Waals surface area (Å²) in [5.41, 5.74) is 0. The van der Waals surface area contributed by atoms with Crippen LogP contribution in [0.25, 0.3) is 0 Å². The molecule has 0 aromatic carbocycles. The Balaban J connectivity index is 4.76. The third kappa shape index (κ3) is 51.8. The molecule has 0 spiro atoms. The molecule has 0 aliphatic heterocycles. The number of phosphoric acid groups is 1. The van der Waals surface area contributed by atoms with Crippen LogP contribution in [0.4, 0.5) is 0 Å². The smallest absolute Gasteiger partial charge is 0.462 e. The number of phosphoric ester groups is 1. The third-order valence-corrected chi connectivity index (χ3v) is 13.0. The second-order valence-corrected chi connectivity index (χ2v) is 20.5. The lowest BCUT2D eigenvalue weighted by molar-refractivity contribution is -0.161. The van der Waals surface area contributed by atoms with Crippen LogP contribution in [0.3, 0.4) is 0 Å². The largest absolute Gasteiger partial charge is 0.472 e. The quantitative estimate of drug-likeness (QED) is 0.0197. The van der Waals surface area contributed by atoms with Crippen LogP contribution in [0, 0.1) is 0 Å². The molecule has 0 aromatic heterocycles. The summed E-state index contributed by atoms with van der Waals surface area (Å²) >= 11 is 0. The molecule has 0 amide bonds. The van der Waals surface area contributed by atoms with Crippen molar-refractivity contribution in [2.24, 2.45) is 0 Å². The van der Waals surface area contributed by atoms with Gasteiger partial charge in [0.05, 0.1) is 19.8 Å². The Labute approximate surface area is 439 Å². The van der Waals surface area contributed by atoms with Crippen molar-refractivity contribution in [3.8, 4) is 0 Å². The van der Waals surface area contributed by atoms with E-state index in [4.69, 9.17) is 23.3 Å². The molecule has 0 rings (SSSR count). The zero-order chi connectivity index (χ0) is 52.7. The third-order valence-electron chi connectivity index (χ3n) is 12.1. The molecular formula is C60H105O11P. The number of hydrogen-bond acceptors (Lipinski definition) is 10. The molecule has 3 atom stereocenters. The summed E-state index contributed by atoms with van der Waals surface area (Å²) in [6.07, 6.45) is 60.0. The highest BCUT2D eigenvalue weighted by molar-refractivity contribution is 7.47. The normalized spacial score (nSPS) is 13.9. The van der Waals surface area contributed by atoms with E-state index in [0.29, 0.717) is 19.3 Å². The molecule has 72 heavy (non-hydrogen) atoms. The number of aliphatic hydroxyl groups is 1. The van der Waals surface area contributed by atoms with Crippen LogP contribution >= 0.6 is 7.82 Å². The fraction of sp³-hybridized carbons (Fsp3) is 0.750. The minimum absolute atomic E-state index is 0.148. The molecule has 3 unspecified atom stereocenters. The van der Waals surface area contributed by atoms with E-state index in [2.05, 4.69) is 93.7 Å². The average molecular weight is 1030 g/mol. The van der Waals surface area contributed by atoms with Gasteiger partial charge >= 0.3 is 25.7 Å². The van der Waals surface area contributed by atoms with Gasteiger partial charge in [-0.1, -0.05) is 196 Å². The highest BCUT2D eigenvalue weighted by atomic mass is 31.2. The van der Waals surface area contributed by atoms with E-state index < -0.39 is 57.8 Å². The number of aliphatic hydroxyl groups excluding tert-OH is 1. The van der Waals surface area contributed by atoms with Gasteiger partial charge in [0.2, 0.25) is 0 Å². The highest BCUT2D eigenvalue weighted by Crippen LogP contribution is 2.43. The van der Waals surface area contributed by atoms with E-state index in [1.165, 1.54) is 51.4 Å². The van der Waals surface area contributed by atoms with E-state index in [-0.39, 0.29) is 25.9 Å². The maximum absolute atomic E-state index is 12.9. The average Bonchev–Trinajstić information content (AvgIpc) is 3.37. The summed E-state index contributed by atoms with van der Waals surface area (Å²) < 4.78 is 39.5. The van der Waals surface area contributed by atoms with Crippen LogP contribution in [0.2, 0.25) is 0 Å². The van der Waals surface area contributed by atoms with Gasteiger partial charge in [-0.3, -0.25) is 23.4 Å². The van der Waals surface area contributed by atoms with Crippen molar-refractivity contribution in [3.05, 3.63) is 72.9 Å². The van der Waals surface area contributed by atoms with Crippen LogP contribution in [0.1, 0.15) is 252 Å². The van der Waals surface area contributed by atoms with Crippen LogP contribution in [0.5, 0.6) is 0 Å². The van der Waals surface area contributed by atoms with Gasteiger partial charge in [-0.2, -0.15) is 0 Å².